The summed E-state index contributed by atoms with van der Waals surface area (Å²) in [6.07, 6.45) is 5.87. The zero-order valence-corrected chi connectivity index (χ0v) is 15.6. The van der Waals surface area contributed by atoms with E-state index in [1.54, 1.807) is 6.07 Å². The van der Waals surface area contributed by atoms with Gasteiger partial charge in [0.25, 0.3) is 5.91 Å². The minimum Gasteiger partial charge on any atom is -0.420 e. The summed E-state index contributed by atoms with van der Waals surface area (Å²) < 4.78 is 19.7. The summed E-state index contributed by atoms with van der Waals surface area (Å²) in [7, 11) is 0. The third-order valence-corrected chi connectivity index (χ3v) is 5.66. The Hall–Kier alpha value is -3.77. The molecule has 0 radical (unpaired) electrons. The van der Waals surface area contributed by atoms with Crippen LogP contribution in [0.1, 0.15) is 9.67 Å². The number of aromatic nitrogens is 3. The second-order valence-electron chi connectivity index (χ2n) is 6.30. The number of nitrogens with zero attached hydrogens (tertiary/aromatic N) is 3. The number of anilines is 1. The number of nitrogens with one attached hydrogen (secondary N) is 2. The van der Waals surface area contributed by atoms with E-state index < -0.39 is 6.08 Å². The van der Waals surface area contributed by atoms with Crippen molar-refractivity contribution in [3.63, 3.8) is 0 Å². The van der Waals surface area contributed by atoms with Gasteiger partial charge in [-0.05, 0) is 18.2 Å². The van der Waals surface area contributed by atoms with Gasteiger partial charge in [0.2, 0.25) is 11.8 Å². The number of halogens is 1. The highest BCUT2D eigenvalue weighted by Crippen LogP contribution is 2.41. The van der Waals surface area contributed by atoms with Gasteiger partial charge in [-0.2, -0.15) is 9.37 Å². The zero-order valence-electron chi connectivity index (χ0n) is 14.8. The number of rotatable bonds is 2. The summed E-state index contributed by atoms with van der Waals surface area (Å²) in [5, 5.41) is 7.90. The maximum Gasteiger partial charge on any atom is 0.311 e. The Morgan fingerprint density at radius 2 is 2.07 bits per heavy atom. The lowest BCUT2D eigenvalue weighted by atomic mass is 10.1. The Labute approximate surface area is 168 Å². The van der Waals surface area contributed by atoms with Crippen LogP contribution in [-0.2, 0) is 0 Å². The lowest BCUT2D eigenvalue weighted by molar-refractivity contribution is 0.0954. The zero-order chi connectivity index (χ0) is 20.0. The van der Waals surface area contributed by atoms with E-state index >= 15 is 0 Å². The van der Waals surface area contributed by atoms with Gasteiger partial charge in [-0.1, -0.05) is 5.92 Å². The number of hydrogen-bond acceptors (Lipinski definition) is 7. The molecule has 1 aliphatic rings. The van der Waals surface area contributed by atoms with E-state index in [1.807, 2.05) is 18.2 Å². The molecule has 0 saturated carbocycles. The smallest absolute Gasteiger partial charge is 0.311 e. The van der Waals surface area contributed by atoms with Gasteiger partial charge in [-0.3, -0.25) is 4.79 Å². The number of thiophene rings is 1. The lowest BCUT2D eigenvalue weighted by Gasteiger charge is -2.09. The number of carbonyl (C=O) groups excluding carboxylic acids is 1. The average Bonchev–Trinajstić information content (AvgIpc) is 3.02. The van der Waals surface area contributed by atoms with E-state index in [2.05, 4.69) is 31.5 Å². The second-order valence-corrected chi connectivity index (χ2v) is 7.35. The van der Waals surface area contributed by atoms with E-state index in [0.29, 0.717) is 16.9 Å². The molecular weight excluding hydrogens is 393 g/mol. The van der Waals surface area contributed by atoms with Gasteiger partial charge < -0.3 is 15.4 Å². The fraction of sp³-hybridized carbons (Fsp3) is 0.100. The van der Waals surface area contributed by atoms with Crippen molar-refractivity contribution in [3.05, 3.63) is 47.5 Å². The summed E-state index contributed by atoms with van der Waals surface area (Å²) in [4.78, 5) is 24.6. The average molecular weight is 405 g/mol. The van der Waals surface area contributed by atoms with Crippen molar-refractivity contribution in [2.75, 3.05) is 11.9 Å². The van der Waals surface area contributed by atoms with Crippen molar-refractivity contribution in [3.8, 4) is 24.1 Å². The summed E-state index contributed by atoms with van der Waals surface area (Å²) >= 11 is 1.40. The fourth-order valence-corrected chi connectivity index (χ4v) is 4.33. The topological polar surface area (TPSA) is 89.0 Å². The van der Waals surface area contributed by atoms with Gasteiger partial charge in [0.1, 0.15) is 10.9 Å². The summed E-state index contributed by atoms with van der Waals surface area (Å²) in [5.41, 5.74) is 1.42. The number of amides is 1. The third-order valence-electron chi connectivity index (χ3n) is 4.50. The van der Waals surface area contributed by atoms with Crippen LogP contribution in [0.2, 0.25) is 0 Å². The Kier molecular flexibility index (Phi) is 4.00. The van der Waals surface area contributed by atoms with Gasteiger partial charge in [-0.15, -0.1) is 17.8 Å². The molecular formula is C20H12FN5O2S. The molecule has 4 heterocycles. The first-order valence-corrected chi connectivity index (χ1v) is 9.47. The largest absolute Gasteiger partial charge is 0.420 e. The van der Waals surface area contributed by atoms with Crippen LogP contribution in [0.3, 0.4) is 0 Å². The molecule has 1 amide bonds. The monoisotopic (exact) mass is 405 g/mol. The number of carbonyl (C=O) groups is 1. The van der Waals surface area contributed by atoms with Crippen LogP contribution in [0.25, 0.3) is 21.0 Å². The van der Waals surface area contributed by atoms with Crippen LogP contribution in [-0.4, -0.2) is 33.4 Å². The number of ether oxygens (including phenoxy) is 1. The SMILES string of the molecule is C#C[C@@H]1CNc2c(sc3ccc4nc(Oc5ccnc(F)n5)ccc4c23)C(=O)N1. The first-order chi connectivity index (χ1) is 14.1. The molecule has 1 atom stereocenters. The van der Waals surface area contributed by atoms with Gasteiger partial charge in [0, 0.05) is 40.3 Å². The molecule has 1 aromatic carbocycles. The van der Waals surface area contributed by atoms with Crippen LogP contribution < -0.4 is 15.4 Å². The van der Waals surface area contributed by atoms with Gasteiger partial charge in [0.15, 0.2) is 0 Å². The number of pyridine rings is 1. The van der Waals surface area contributed by atoms with E-state index in [4.69, 9.17) is 11.2 Å². The molecule has 0 unspecified atom stereocenters. The van der Waals surface area contributed by atoms with E-state index in [0.717, 1.165) is 21.2 Å². The Morgan fingerprint density at radius 3 is 2.90 bits per heavy atom. The molecule has 0 bridgehead atoms. The molecule has 0 fully saturated rings. The van der Waals surface area contributed by atoms with E-state index in [-0.39, 0.29) is 23.7 Å². The summed E-state index contributed by atoms with van der Waals surface area (Å²) in [6, 6.07) is 8.36. The third kappa shape index (κ3) is 2.99. The molecule has 1 aliphatic heterocycles. The number of fused-ring (bicyclic) bond motifs is 5. The molecule has 0 aliphatic carbocycles. The molecule has 4 aromatic rings. The molecule has 142 valence electrons. The lowest BCUT2D eigenvalue weighted by Crippen LogP contribution is -2.35. The number of hydrogen-bond donors (Lipinski definition) is 2. The maximum atomic E-state index is 13.2. The van der Waals surface area contributed by atoms with Crippen LogP contribution in [0.15, 0.2) is 36.5 Å². The molecule has 0 saturated heterocycles. The van der Waals surface area contributed by atoms with Crippen LogP contribution in [0, 0.1) is 18.4 Å². The first kappa shape index (κ1) is 17.3. The van der Waals surface area contributed by atoms with Crippen LogP contribution in [0.4, 0.5) is 10.1 Å². The Balaban J connectivity index is 1.60. The van der Waals surface area contributed by atoms with Crippen molar-refractivity contribution >= 4 is 43.9 Å². The standard InChI is InChI=1S/C20H12FN5O2S/c1-2-10-9-23-17-16-11-3-6-14(28-15-7-8-22-20(21)26-15)25-12(11)4-5-13(16)29-18(17)19(27)24-10/h1,3-8,10,23H,9H2,(H,24,27)/t10-/m1/s1. The van der Waals surface area contributed by atoms with Crippen molar-refractivity contribution in [2.24, 2.45) is 0 Å². The van der Waals surface area contributed by atoms with E-state index in [9.17, 15) is 9.18 Å². The Bertz CT molecular complexity index is 1330. The van der Waals surface area contributed by atoms with Gasteiger partial charge >= 0.3 is 6.08 Å². The van der Waals surface area contributed by atoms with Crippen molar-refractivity contribution in [2.45, 2.75) is 6.04 Å². The normalized spacial score (nSPS) is 15.9. The molecule has 5 rings (SSSR count). The highest BCUT2D eigenvalue weighted by Gasteiger charge is 2.25. The predicted molar refractivity (Wildman–Crippen MR) is 108 cm³/mol. The van der Waals surface area contributed by atoms with Gasteiger partial charge in [-0.25, -0.2) is 9.97 Å². The van der Waals surface area contributed by atoms with Crippen LogP contribution in [0.5, 0.6) is 11.8 Å². The summed E-state index contributed by atoms with van der Waals surface area (Å²) in [5.74, 6) is 2.71. The fourth-order valence-electron chi connectivity index (χ4n) is 3.23. The molecule has 3 aromatic heterocycles. The predicted octanol–water partition coefficient (Wildman–Crippen LogP) is 3.33. The molecule has 0 spiro atoms. The number of terminal acetylenes is 1. The minimum absolute atomic E-state index is 0.0634. The molecule has 29 heavy (non-hydrogen) atoms. The Morgan fingerprint density at radius 1 is 1.21 bits per heavy atom. The molecule has 2 N–H and O–H groups in total. The highest BCUT2D eigenvalue weighted by molar-refractivity contribution is 7.21. The summed E-state index contributed by atoms with van der Waals surface area (Å²) in [6.45, 7) is 0.436. The van der Waals surface area contributed by atoms with Crippen molar-refractivity contribution in [1.82, 2.24) is 20.3 Å². The quantitative estimate of drug-likeness (QED) is 0.393. The first-order valence-electron chi connectivity index (χ1n) is 8.66. The van der Waals surface area contributed by atoms with Crippen molar-refractivity contribution in [1.29, 1.82) is 0 Å². The molecule has 7 nitrogen and oxygen atoms in total. The van der Waals surface area contributed by atoms with Gasteiger partial charge in [0.05, 0.1) is 11.2 Å². The number of benzene rings is 1. The molecule has 9 heteroatoms. The highest BCUT2D eigenvalue weighted by atomic mass is 32.1. The van der Waals surface area contributed by atoms with E-state index in [1.165, 1.54) is 23.6 Å². The minimum atomic E-state index is -0.874. The maximum absolute atomic E-state index is 13.2. The van der Waals surface area contributed by atoms with Crippen LogP contribution >= 0.6 is 11.3 Å². The van der Waals surface area contributed by atoms with Crippen molar-refractivity contribution < 1.29 is 13.9 Å². The second kappa shape index (κ2) is 6.68.